The first-order valence-electron chi connectivity index (χ1n) is 7.16. The Morgan fingerprint density at radius 3 is 2.62 bits per heavy atom. The summed E-state index contributed by atoms with van der Waals surface area (Å²) < 4.78 is 5.08. The molecule has 0 spiro atoms. The summed E-state index contributed by atoms with van der Waals surface area (Å²) in [7, 11) is 1.63. The van der Waals surface area contributed by atoms with Crippen LogP contribution in [0.1, 0.15) is 37.4 Å². The van der Waals surface area contributed by atoms with Gasteiger partial charge in [-0.2, -0.15) is 0 Å². The first-order valence-corrected chi connectivity index (χ1v) is 7.97. The number of aromatic nitrogens is 1. The van der Waals surface area contributed by atoms with Crippen LogP contribution in [-0.4, -0.2) is 48.6 Å². The molecular formula is C14H26N4O2S. The van der Waals surface area contributed by atoms with E-state index < -0.39 is 0 Å². The Morgan fingerprint density at radius 1 is 1.43 bits per heavy atom. The van der Waals surface area contributed by atoms with Gasteiger partial charge in [0.05, 0.1) is 6.61 Å². The molecule has 0 saturated heterocycles. The Kier molecular flexibility index (Phi) is 6.91. The lowest BCUT2D eigenvalue weighted by atomic mass is 10.2. The SMILES string of the molecule is COCCN(CC(C)C)C(=O)c1sc(NC(C)C)nc1N. The van der Waals surface area contributed by atoms with Crippen LogP contribution in [0.2, 0.25) is 0 Å². The summed E-state index contributed by atoms with van der Waals surface area (Å²) in [5, 5.41) is 3.86. The number of hydrogen-bond donors (Lipinski definition) is 2. The predicted octanol–water partition coefficient (Wildman–Crippen LogP) is 2.29. The van der Waals surface area contributed by atoms with Crippen molar-refractivity contribution in [2.75, 3.05) is 37.9 Å². The number of thiazole rings is 1. The number of ether oxygens (including phenoxy) is 1. The first kappa shape index (κ1) is 17.7. The highest BCUT2D eigenvalue weighted by Gasteiger charge is 2.22. The molecule has 0 bridgehead atoms. The van der Waals surface area contributed by atoms with Crippen LogP contribution >= 0.6 is 11.3 Å². The second-order valence-electron chi connectivity index (χ2n) is 5.67. The summed E-state index contributed by atoms with van der Waals surface area (Å²) in [4.78, 5) is 19.1. The van der Waals surface area contributed by atoms with Crippen LogP contribution in [0, 0.1) is 5.92 Å². The van der Waals surface area contributed by atoms with Crippen molar-refractivity contribution < 1.29 is 9.53 Å². The fourth-order valence-electron chi connectivity index (χ4n) is 1.86. The number of nitrogens with zero attached hydrogens (tertiary/aromatic N) is 2. The van der Waals surface area contributed by atoms with Crippen molar-refractivity contribution in [2.45, 2.75) is 33.7 Å². The number of carbonyl (C=O) groups excluding carboxylic acids is 1. The fourth-order valence-corrected chi connectivity index (χ4v) is 2.85. The Labute approximate surface area is 130 Å². The molecule has 0 aromatic carbocycles. The van der Waals surface area contributed by atoms with Crippen molar-refractivity contribution in [3.05, 3.63) is 4.88 Å². The van der Waals surface area contributed by atoms with E-state index >= 15 is 0 Å². The third-order valence-corrected chi connectivity index (χ3v) is 3.69. The van der Waals surface area contributed by atoms with Gasteiger partial charge in [-0.1, -0.05) is 25.2 Å². The number of nitrogen functional groups attached to an aromatic ring is 1. The lowest BCUT2D eigenvalue weighted by Gasteiger charge is -2.23. The molecule has 6 nitrogen and oxygen atoms in total. The molecular weight excluding hydrogens is 288 g/mol. The fraction of sp³-hybridized carbons (Fsp3) is 0.714. The van der Waals surface area contributed by atoms with Gasteiger partial charge in [-0.05, 0) is 19.8 Å². The summed E-state index contributed by atoms with van der Waals surface area (Å²) in [5.74, 6) is 0.597. The quantitative estimate of drug-likeness (QED) is 0.769. The average molecular weight is 314 g/mol. The van der Waals surface area contributed by atoms with E-state index in [0.717, 1.165) is 0 Å². The molecule has 3 N–H and O–H groups in total. The van der Waals surface area contributed by atoms with Gasteiger partial charge in [-0.15, -0.1) is 0 Å². The lowest BCUT2D eigenvalue weighted by Crippen LogP contribution is -2.36. The van der Waals surface area contributed by atoms with Gasteiger partial charge in [0.15, 0.2) is 5.13 Å². The maximum Gasteiger partial charge on any atom is 0.267 e. The number of rotatable bonds is 8. The van der Waals surface area contributed by atoms with Crippen molar-refractivity contribution in [1.82, 2.24) is 9.88 Å². The molecule has 1 heterocycles. The summed E-state index contributed by atoms with van der Waals surface area (Å²) in [6.07, 6.45) is 0. The van der Waals surface area contributed by atoms with Crippen LogP contribution in [0.4, 0.5) is 10.9 Å². The zero-order valence-electron chi connectivity index (χ0n) is 13.5. The summed E-state index contributed by atoms with van der Waals surface area (Å²) in [6, 6.07) is 0.249. The van der Waals surface area contributed by atoms with E-state index in [1.165, 1.54) is 11.3 Å². The molecule has 0 aliphatic rings. The normalized spacial score (nSPS) is 11.2. The number of amides is 1. The second kappa shape index (κ2) is 8.19. The topological polar surface area (TPSA) is 80.5 Å². The monoisotopic (exact) mass is 314 g/mol. The van der Waals surface area contributed by atoms with E-state index in [-0.39, 0.29) is 11.9 Å². The molecule has 21 heavy (non-hydrogen) atoms. The standard InChI is InChI=1S/C14H26N4O2S/c1-9(2)8-18(6-7-20-5)13(19)11-12(15)17-14(21-11)16-10(3)4/h9-10H,6-8,15H2,1-5H3,(H,16,17). The molecule has 0 fully saturated rings. The minimum Gasteiger partial charge on any atom is -0.383 e. The molecule has 0 saturated carbocycles. The van der Waals surface area contributed by atoms with E-state index in [0.29, 0.717) is 41.4 Å². The Hall–Kier alpha value is -1.34. The number of anilines is 2. The number of nitrogens with two attached hydrogens (primary N) is 1. The maximum atomic E-state index is 12.6. The van der Waals surface area contributed by atoms with Gasteiger partial charge in [0.2, 0.25) is 0 Å². The van der Waals surface area contributed by atoms with Crippen molar-refractivity contribution in [3.8, 4) is 0 Å². The zero-order chi connectivity index (χ0) is 16.0. The van der Waals surface area contributed by atoms with Crippen LogP contribution in [0.15, 0.2) is 0 Å². The van der Waals surface area contributed by atoms with Gasteiger partial charge >= 0.3 is 0 Å². The number of carbonyl (C=O) groups is 1. The van der Waals surface area contributed by atoms with Crippen molar-refractivity contribution in [2.24, 2.45) is 5.92 Å². The van der Waals surface area contributed by atoms with Gasteiger partial charge in [0, 0.05) is 26.2 Å². The largest absolute Gasteiger partial charge is 0.383 e. The number of nitrogens with one attached hydrogen (secondary N) is 1. The van der Waals surface area contributed by atoms with Gasteiger partial charge < -0.3 is 20.7 Å². The number of hydrogen-bond acceptors (Lipinski definition) is 6. The Bertz CT molecular complexity index is 460. The molecule has 1 aromatic rings. The molecule has 120 valence electrons. The minimum atomic E-state index is -0.0763. The van der Waals surface area contributed by atoms with Crippen LogP contribution in [0.25, 0.3) is 0 Å². The van der Waals surface area contributed by atoms with E-state index in [1.54, 1.807) is 12.0 Å². The van der Waals surface area contributed by atoms with E-state index in [2.05, 4.69) is 24.1 Å². The van der Waals surface area contributed by atoms with Gasteiger partial charge in [0.25, 0.3) is 5.91 Å². The molecule has 0 aliphatic heterocycles. The highest BCUT2D eigenvalue weighted by Crippen LogP contribution is 2.27. The van der Waals surface area contributed by atoms with Crippen LogP contribution < -0.4 is 11.1 Å². The maximum absolute atomic E-state index is 12.6. The molecule has 0 radical (unpaired) electrons. The van der Waals surface area contributed by atoms with Crippen LogP contribution in [0.5, 0.6) is 0 Å². The highest BCUT2D eigenvalue weighted by molar-refractivity contribution is 7.18. The molecule has 1 aromatic heterocycles. The molecule has 1 rings (SSSR count). The number of methoxy groups -OCH3 is 1. The molecule has 7 heteroatoms. The predicted molar refractivity (Wildman–Crippen MR) is 87.9 cm³/mol. The zero-order valence-corrected chi connectivity index (χ0v) is 14.3. The van der Waals surface area contributed by atoms with Gasteiger partial charge in [-0.3, -0.25) is 4.79 Å². The average Bonchev–Trinajstić information content (AvgIpc) is 2.73. The van der Waals surface area contributed by atoms with Gasteiger partial charge in [-0.25, -0.2) is 4.98 Å². The molecule has 1 amide bonds. The Morgan fingerprint density at radius 2 is 2.10 bits per heavy atom. The van der Waals surface area contributed by atoms with Crippen molar-refractivity contribution >= 4 is 28.2 Å². The molecule has 0 unspecified atom stereocenters. The van der Waals surface area contributed by atoms with E-state index in [9.17, 15) is 4.79 Å². The highest BCUT2D eigenvalue weighted by atomic mass is 32.1. The smallest absolute Gasteiger partial charge is 0.267 e. The third-order valence-electron chi connectivity index (χ3n) is 2.70. The van der Waals surface area contributed by atoms with Crippen LogP contribution in [0.3, 0.4) is 0 Å². The summed E-state index contributed by atoms with van der Waals surface area (Å²) in [6.45, 7) is 9.92. The van der Waals surface area contributed by atoms with Crippen LogP contribution in [-0.2, 0) is 4.74 Å². The molecule has 0 aliphatic carbocycles. The summed E-state index contributed by atoms with van der Waals surface area (Å²) >= 11 is 1.31. The summed E-state index contributed by atoms with van der Waals surface area (Å²) in [5.41, 5.74) is 5.90. The van der Waals surface area contributed by atoms with E-state index in [4.69, 9.17) is 10.5 Å². The van der Waals surface area contributed by atoms with Crippen molar-refractivity contribution in [1.29, 1.82) is 0 Å². The van der Waals surface area contributed by atoms with Crippen molar-refractivity contribution in [3.63, 3.8) is 0 Å². The third kappa shape index (κ3) is 5.51. The van der Waals surface area contributed by atoms with E-state index in [1.807, 2.05) is 13.8 Å². The minimum absolute atomic E-state index is 0.0763. The first-order chi connectivity index (χ1) is 9.85. The second-order valence-corrected chi connectivity index (χ2v) is 6.67. The molecule has 0 atom stereocenters. The Balaban J connectivity index is 2.89. The lowest BCUT2D eigenvalue weighted by molar-refractivity contribution is 0.0678. The van der Waals surface area contributed by atoms with Gasteiger partial charge in [0.1, 0.15) is 10.7 Å².